The summed E-state index contributed by atoms with van der Waals surface area (Å²) in [6.45, 7) is -0.279. The molecule has 1 heterocycles. The van der Waals surface area contributed by atoms with Crippen molar-refractivity contribution in [2.24, 2.45) is 0 Å². The van der Waals surface area contributed by atoms with Crippen LogP contribution in [-0.2, 0) is 17.6 Å². The standard InChI is InChI=1S/C17H20F2N2O2S/c1-23-10-9-21(11-15(18)19)17(22)14-12-24-16(20-14)8-7-13-5-3-2-4-6-13/h2-6,12,15H,7-11H2,1H3. The smallest absolute Gasteiger partial charge is 0.273 e. The Hall–Kier alpha value is -1.86. The van der Waals surface area contributed by atoms with E-state index < -0.39 is 18.9 Å². The van der Waals surface area contributed by atoms with Gasteiger partial charge in [0.05, 0.1) is 18.2 Å². The van der Waals surface area contributed by atoms with Crippen LogP contribution in [0.25, 0.3) is 0 Å². The molecule has 1 aromatic carbocycles. The number of methoxy groups -OCH3 is 1. The van der Waals surface area contributed by atoms with Gasteiger partial charge in [-0.3, -0.25) is 4.79 Å². The Kier molecular flexibility index (Phi) is 7.27. The monoisotopic (exact) mass is 354 g/mol. The number of aromatic nitrogens is 1. The summed E-state index contributed by atoms with van der Waals surface area (Å²) in [4.78, 5) is 17.7. The zero-order valence-electron chi connectivity index (χ0n) is 13.5. The fourth-order valence-corrected chi connectivity index (χ4v) is 3.00. The molecular formula is C17H20F2N2O2S. The minimum Gasteiger partial charge on any atom is -0.383 e. The van der Waals surface area contributed by atoms with Crippen molar-refractivity contribution in [2.75, 3.05) is 26.8 Å². The number of amides is 1. The number of alkyl halides is 2. The van der Waals surface area contributed by atoms with Gasteiger partial charge in [-0.05, 0) is 12.0 Å². The lowest BCUT2D eigenvalue weighted by Crippen LogP contribution is -2.37. The van der Waals surface area contributed by atoms with E-state index in [-0.39, 0.29) is 18.8 Å². The SMILES string of the molecule is COCCN(CC(F)F)C(=O)c1csc(CCc2ccccc2)n1. The fourth-order valence-electron chi connectivity index (χ4n) is 2.23. The highest BCUT2D eigenvalue weighted by Gasteiger charge is 2.21. The van der Waals surface area contributed by atoms with E-state index in [1.54, 1.807) is 5.38 Å². The summed E-state index contributed by atoms with van der Waals surface area (Å²) in [7, 11) is 1.47. The number of thiazole rings is 1. The van der Waals surface area contributed by atoms with Crippen LogP contribution < -0.4 is 0 Å². The van der Waals surface area contributed by atoms with Crippen molar-refractivity contribution >= 4 is 17.2 Å². The van der Waals surface area contributed by atoms with E-state index in [2.05, 4.69) is 4.98 Å². The van der Waals surface area contributed by atoms with Gasteiger partial charge in [-0.2, -0.15) is 0 Å². The topological polar surface area (TPSA) is 42.4 Å². The second-order valence-electron chi connectivity index (χ2n) is 5.25. The Balaban J connectivity index is 1.97. The number of nitrogens with zero attached hydrogens (tertiary/aromatic N) is 2. The van der Waals surface area contributed by atoms with Gasteiger partial charge in [-0.15, -0.1) is 11.3 Å². The molecule has 0 saturated carbocycles. The normalized spacial score (nSPS) is 11.0. The second-order valence-corrected chi connectivity index (χ2v) is 6.19. The van der Waals surface area contributed by atoms with Crippen molar-refractivity contribution in [3.63, 3.8) is 0 Å². The summed E-state index contributed by atoms with van der Waals surface area (Å²) in [6.07, 6.45) is -1.04. The highest BCUT2D eigenvalue weighted by atomic mass is 32.1. The van der Waals surface area contributed by atoms with Crippen molar-refractivity contribution in [1.29, 1.82) is 0 Å². The number of rotatable bonds is 9. The van der Waals surface area contributed by atoms with E-state index >= 15 is 0 Å². The molecule has 130 valence electrons. The molecule has 1 amide bonds. The van der Waals surface area contributed by atoms with Crippen molar-refractivity contribution in [3.05, 3.63) is 52.0 Å². The number of ether oxygens (including phenoxy) is 1. The van der Waals surface area contributed by atoms with Gasteiger partial charge in [0.1, 0.15) is 5.69 Å². The summed E-state index contributed by atoms with van der Waals surface area (Å²) >= 11 is 1.38. The Bertz CT molecular complexity index is 635. The Morgan fingerprint density at radius 1 is 1.29 bits per heavy atom. The van der Waals surface area contributed by atoms with Crippen molar-refractivity contribution in [3.8, 4) is 0 Å². The predicted molar refractivity (Wildman–Crippen MR) is 89.7 cm³/mol. The largest absolute Gasteiger partial charge is 0.383 e. The molecule has 4 nitrogen and oxygen atoms in total. The van der Waals surface area contributed by atoms with E-state index in [0.717, 1.165) is 22.7 Å². The first kappa shape index (κ1) is 18.5. The van der Waals surface area contributed by atoms with Gasteiger partial charge >= 0.3 is 0 Å². The molecule has 0 atom stereocenters. The molecule has 7 heteroatoms. The highest BCUT2D eigenvalue weighted by molar-refractivity contribution is 7.09. The minimum absolute atomic E-state index is 0.122. The highest BCUT2D eigenvalue weighted by Crippen LogP contribution is 2.15. The minimum atomic E-state index is -2.58. The molecule has 0 aliphatic carbocycles. The van der Waals surface area contributed by atoms with Crippen molar-refractivity contribution < 1.29 is 18.3 Å². The summed E-state index contributed by atoms with van der Waals surface area (Å²) < 4.78 is 30.2. The first-order chi connectivity index (χ1) is 11.6. The van der Waals surface area contributed by atoms with Crippen LogP contribution in [0.2, 0.25) is 0 Å². The molecule has 1 aromatic heterocycles. The zero-order chi connectivity index (χ0) is 17.4. The van der Waals surface area contributed by atoms with Crippen LogP contribution in [0.15, 0.2) is 35.7 Å². The van der Waals surface area contributed by atoms with Gasteiger partial charge in [-0.25, -0.2) is 13.8 Å². The lowest BCUT2D eigenvalue weighted by molar-refractivity contribution is 0.0474. The molecule has 0 aliphatic heterocycles. The van der Waals surface area contributed by atoms with Crippen LogP contribution >= 0.6 is 11.3 Å². The van der Waals surface area contributed by atoms with Crippen molar-refractivity contribution in [1.82, 2.24) is 9.88 Å². The average molecular weight is 354 g/mol. The van der Waals surface area contributed by atoms with Crippen LogP contribution in [0.4, 0.5) is 8.78 Å². The van der Waals surface area contributed by atoms with Crippen LogP contribution in [0, 0.1) is 0 Å². The van der Waals surface area contributed by atoms with E-state index in [9.17, 15) is 13.6 Å². The first-order valence-electron chi connectivity index (χ1n) is 7.65. The fraction of sp³-hybridized carbons (Fsp3) is 0.412. The molecule has 0 aliphatic rings. The molecule has 0 unspecified atom stereocenters. The van der Waals surface area contributed by atoms with Crippen molar-refractivity contribution in [2.45, 2.75) is 19.3 Å². The van der Waals surface area contributed by atoms with Crippen LogP contribution in [0.3, 0.4) is 0 Å². The van der Waals surface area contributed by atoms with Gasteiger partial charge < -0.3 is 9.64 Å². The number of hydrogen-bond acceptors (Lipinski definition) is 4. The second kappa shape index (κ2) is 9.44. The lowest BCUT2D eigenvalue weighted by atomic mass is 10.1. The van der Waals surface area contributed by atoms with Gasteiger partial charge in [0.15, 0.2) is 0 Å². The quantitative estimate of drug-likeness (QED) is 0.694. The molecule has 0 radical (unpaired) electrons. The number of aryl methyl sites for hydroxylation is 2. The third kappa shape index (κ3) is 5.65. The van der Waals surface area contributed by atoms with Gasteiger partial charge in [0, 0.05) is 25.5 Å². The summed E-state index contributed by atoms with van der Waals surface area (Å²) in [5, 5.41) is 2.46. The van der Waals surface area contributed by atoms with E-state index in [0.29, 0.717) is 0 Å². The van der Waals surface area contributed by atoms with E-state index in [1.165, 1.54) is 24.0 Å². The molecule has 0 saturated heterocycles. The van der Waals surface area contributed by atoms with Gasteiger partial charge in [0.25, 0.3) is 12.3 Å². The number of halogens is 2. The number of carbonyl (C=O) groups excluding carboxylic acids is 1. The maximum atomic E-state index is 12.6. The zero-order valence-corrected chi connectivity index (χ0v) is 14.3. The number of carbonyl (C=O) groups is 1. The van der Waals surface area contributed by atoms with Crippen LogP contribution in [0.5, 0.6) is 0 Å². The maximum absolute atomic E-state index is 12.6. The van der Waals surface area contributed by atoms with E-state index in [1.807, 2.05) is 30.3 Å². The first-order valence-corrected chi connectivity index (χ1v) is 8.52. The molecule has 2 rings (SSSR count). The number of hydrogen-bond donors (Lipinski definition) is 0. The average Bonchev–Trinajstić information content (AvgIpc) is 3.05. The summed E-state index contributed by atoms with van der Waals surface area (Å²) in [5.41, 5.74) is 1.42. The molecule has 24 heavy (non-hydrogen) atoms. The molecule has 0 spiro atoms. The molecule has 0 bridgehead atoms. The van der Waals surface area contributed by atoms with E-state index in [4.69, 9.17) is 4.74 Å². The maximum Gasteiger partial charge on any atom is 0.273 e. The Morgan fingerprint density at radius 2 is 2.04 bits per heavy atom. The van der Waals surface area contributed by atoms with Crippen LogP contribution in [0.1, 0.15) is 21.1 Å². The molecule has 2 aromatic rings. The molecule has 0 fully saturated rings. The third-order valence-electron chi connectivity index (χ3n) is 3.45. The molecule has 0 N–H and O–H groups in total. The lowest BCUT2D eigenvalue weighted by Gasteiger charge is -2.20. The number of benzene rings is 1. The predicted octanol–water partition coefficient (Wildman–Crippen LogP) is 3.28. The Labute approximate surface area is 144 Å². The van der Waals surface area contributed by atoms with Gasteiger partial charge in [0.2, 0.25) is 0 Å². The summed E-state index contributed by atoms with van der Waals surface area (Å²) in [5.74, 6) is -0.477. The summed E-state index contributed by atoms with van der Waals surface area (Å²) in [6, 6.07) is 9.99. The van der Waals surface area contributed by atoms with Gasteiger partial charge in [-0.1, -0.05) is 30.3 Å². The third-order valence-corrected chi connectivity index (χ3v) is 4.36. The Morgan fingerprint density at radius 3 is 2.71 bits per heavy atom. The van der Waals surface area contributed by atoms with Crippen LogP contribution in [-0.4, -0.2) is 49.0 Å². The molecular weight excluding hydrogens is 334 g/mol.